The van der Waals surface area contributed by atoms with Crippen molar-refractivity contribution in [2.45, 2.75) is 106 Å². The zero-order valence-corrected chi connectivity index (χ0v) is 18.7. The molecule has 7 N–H and O–H groups in total. The second-order valence-corrected chi connectivity index (χ2v) is 9.35. The van der Waals surface area contributed by atoms with E-state index in [-0.39, 0.29) is 0 Å². The summed E-state index contributed by atoms with van der Waals surface area (Å²) in [5.74, 6) is 0.733. The maximum Gasteiger partial charge on any atom is 0.187 e. The summed E-state index contributed by atoms with van der Waals surface area (Å²) >= 11 is 1.36. The molecule has 0 aromatic heterocycles. The van der Waals surface area contributed by atoms with Crippen LogP contribution in [0.25, 0.3) is 0 Å². The molecule has 0 bridgehead atoms. The Bertz CT molecular complexity index is 497. The SMILES string of the molecule is CCCCCCCCS[C@@H]1OC(CO)[C@@H](O[C@H]2OC(CO)[C@@H](O)C(O)C2O)C(O)C1O. The summed E-state index contributed by atoms with van der Waals surface area (Å²) in [4.78, 5) is 0. The Morgan fingerprint density at radius 2 is 1.35 bits per heavy atom. The normalized spacial score (nSPS) is 41.4. The van der Waals surface area contributed by atoms with Gasteiger partial charge in [0.05, 0.1) is 13.2 Å². The molecule has 0 aromatic rings. The Kier molecular flexibility index (Phi) is 11.9. The summed E-state index contributed by atoms with van der Waals surface area (Å²) in [5.41, 5.74) is -0.752. The second-order valence-electron chi connectivity index (χ2n) is 8.14. The number of thioether (sulfide) groups is 1. The number of aliphatic hydroxyl groups excluding tert-OH is 7. The first-order chi connectivity index (χ1) is 14.8. The van der Waals surface area contributed by atoms with Gasteiger partial charge in [0.1, 0.15) is 54.3 Å². The number of hydrogen-bond acceptors (Lipinski definition) is 11. The van der Waals surface area contributed by atoms with E-state index in [9.17, 15) is 35.7 Å². The standard InChI is InChI=1S/C20H38O10S/c1-2-3-4-5-6-7-8-31-20-17(27)15(25)18(12(10-22)29-20)30-19-16(26)14(24)13(23)11(9-21)28-19/h11-27H,2-10H2,1H3/t11?,12?,13-,14?,15?,16?,17?,18-,19-,20+/m1/s1. The number of rotatable bonds is 12. The van der Waals surface area contributed by atoms with Gasteiger partial charge < -0.3 is 50.0 Å². The van der Waals surface area contributed by atoms with Gasteiger partial charge in [0.25, 0.3) is 0 Å². The number of ether oxygens (including phenoxy) is 3. The lowest BCUT2D eigenvalue weighted by molar-refractivity contribution is -0.338. The maximum absolute atomic E-state index is 10.6. The van der Waals surface area contributed by atoms with Crippen LogP contribution in [-0.2, 0) is 14.2 Å². The van der Waals surface area contributed by atoms with Crippen molar-refractivity contribution < 1.29 is 50.0 Å². The van der Waals surface area contributed by atoms with Gasteiger partial charge >= 0.3 is 0 Å². The van der Waals surface area contributed by atoms with Crippen LogP contribution in [0.15, 0.2) is 0 Å². The summed E-state index contributed by atoms with van der Waals surface area (Å²) in [7, 11) is 0. The van der Waals surface area contributed by atoms with E-state index in [0.717, 1.165) is 25.0 Å². The number of hydrogen-bond donors (Lipinski definition) is 7. The van der Waals surface area contributed by atoms with Crippen molar-refractivity contribution in [2.24, 2.45) is 0 Å². The molecule has 0 radical (unpaired) electrons. The van der Waals surface area contributed by atoms with Gasteiger partial charge in [0, 0.05) is 0 Å². The molecule has 0 aliphatic carbocycles. The molecule has 184 valence electrons. The van der Waals surface area contributed by atoms with E-state index >= 15 is 0 Å². The molecule has 2 aliphatic rings. The van der Waals surface area contributed by atoms with Crippen molar-refractivity contribution in [3.63, 3.8) is 0 Å². The Morgan fingerprint density at radius 3 is 2.00 bits per heavy atom. The van der Waals surface area contributed by atoms with Crippen molar-refractivity contribution in [3.05, 3.63) is 0 Å². The van der Waals surface area contributed by atoms with Gasteiger partial charge in [-0.25, -0.2) is 0 Å². The molecule has 10 nitrogen and oxygen atoms in total. The molecule has 0 amide bonds. The predicted octanol–water partition coefficient (Wildman–Crippen LogP) is -1.30. The van der Waals surface area contributed by atoms with Crippen molar-refractivity contribution >= 4 is 11.8 Å². The third kappa shape index (κ3) is 7.21. The van der Waals surface area contributed by atoms with Crippen LogP contribution in [0.2, 0.25) is 0 Å². The molecule has 11 heteroatoms. The van der Waals surface area contributed by atoms with Crippen LogP contribution in [0.1, 0.15) is 45.4 Å². The molecule has 2 aliphatic heterocycles. The van der Waals surface area contributed by atoms with Crippen molar-refractivity contribution in [1.82, 2.24) is 0 Å². The molecule has 6 unspecified atom stereocenters. The highest BCUT2D eigenvalue weighted by molar-refractivity contribution is 7.99. The molecule has 0 saturated carbocycles. The topological polar surface area (TPSA) is 169 Å². The largest absolute Gasteiger partial charge is 0.394 e. The van der Waals surface area contributed by atoms with Crippen LogP contribution in [0.3, 0.4) is 0 Å². The van der Waals surface area contributed by atoms with E-state index in [2.05, 4.69) is 6.92 Å². The van der Waals surface area contributed by atoms with Crippen LogP contribution in [0.4, 0.5) is 0 Å². The van der Waals surface area contributed by atoms with Gasteiger partial charge in [-0.2, -0.15) is 0 Å². The Hall–Kier alpha value is -0.0500. The fraction of sp³-hybridized carbons (Fsp3) is 1.00. The average molecular weight is 471 g/mol. The van der Waals surface area contributed by atoms with Gasteiger partial charge in [-0.15, -0.1) is 11.8 Å². The summed E-state index contributed by atoms with van der Waals surface area (Å²) < 4.78 is 16.6. The predicted molar refractivity (Wildman–Crippen MR) is 112 cm³/mol. The van der Waals surface area contributed by atoms with E-state index < -0.39 is 73.8 Å². The van der Waals surface area contributed by atoms with Gasteiger partial charge in [0.15, 0.2) is 6.29 Å². The minimum Gasteiger partial charge on any atom is -0.394 e. The lowest BCUT2D eigenvalue weighted by Gasteiger charge is -2.46. The van der Waals surface area contributed by atoms with Crippen LogP contribution in [0, 0.1) is 0 Å². The first-order valence-corrected chi connectivity index (χ1v) is 12.1. The number of unbranched alkanes of at least 4 members (excludes halogenated alkanes) is 5. The highest BCUT2D eigenvalue weighted by atomic mass is 32.2. The van der Waals surface area contributed by atoms with Crippen molar-refractivity contribution in [1.29, 1.82) is 0 Å². The molecule has 2 saturated heterocycles. The summed E-state index contributed by atoms with van der Waals surface area (Å²) in [6.07, 6.45) is -5.77. The summed E-state index contributed by atoms with van der Waals surface area (Å²) in [5, 5.41) is 70.0. The van der Waals surface area contributed by atoms with E-state index in [4.69, 9.17) is 14.2 Å². The molecule has 2 heterocycles. The van der Waals surface area contributed by atoms with Gasteiger partial charge in [-0.05, 0) is 12.2 Å². The van der Waals surface area contributed by atoms with Gasteiger partial charge in [0.2, 0.25) is 0 Å². The third-order valence-corrected chi connectivity index (χ3v) is 6.98. The van der Waals surface area contributed by atoms with Crippen LogP contribution in [-0.4, -0.2) is 115 Å². The van der Waals surface area contributed by atoms with Crippen LogP contribution < -0.4 is 0 Å². The minimum absolute atomic E-state index is 0.514. The first-order valence-electron chi connectivity index (χ1n) is 11.1. The zero-order valence-electron chi connectivity index (χ0n) is 17.9. The quantitative estimate of drug-likeness (QED) is 0.169. The van der Waals surface area contributed by atoms with E-state index in [1.807, 2.05) is 0 Å². The second kappa shape index (κ2) is 13.6. The molecule has 2 fully saturated rings. The highest BCUT2D eigenvalue weighted by Gasteiger charge is 2.50. The molecule has 0 spiro atoms. The summed E-state index contributed by atoms with van der Waals surface area (Å²) in [6.45, 7) is 1.02. The zero-order chi connectivity index (χ0) is 23.0. The van der Waals surface area contributed by atoms with E-state index in [1.165, 1.54) is 31.0 Å². The van der Waals surface area contributed by atoms with Gasteiger partial charge in [-0.3, -0.25) is 0 Å². The highest BCUT2D eigenvalue weighted by Crippen LogP contribution is 2.33. The minimum atomic E-state index is -1.67. The average Bonchev–Trinajstić information content (AvgIpc) is 2.77. The fourth-order valence-electron chi connectivity index (χ4n) is 3.77. The monoisotopic (exact) mass is 470 g/mol. The molecule has 10 atom stereocenters. The van der Waals surface area contributed by atoms with Crippen LogP contribution >= 0.6 is 11.8 Å². The van der Waals surface area contributed by atoms with E-state index in [0.29, 0.717) is 0 Å². The molecule has 2 rings (SSSR count). The molecule has 31 heavy (non-hydrogen) atoms. The molecular weight excluding hydrogens is 432 g/mol. The van der Waals surface area contributed by atoms with E-state index in [1.54, 1.807) is 0 Å². The Morgan fingerprint density at radius 1 is 0.710 bits per heavy atom. The number of aliphatic hydroxyl groups is 7. The van der Waals surface area contributed by atoms with Crippen molar-refractivity contribution in [3.8, 4) is 0 Å². The molecule has 0 aromatic carbocycles. The van der Waals surface area contributed by atoms with Gasteiger partial charge in [-0.1, -0.05) is 39.0 Å². The van der Waals surface area contributed by atoms with Crippen LogP contribution in [0.5, 0.6) is 0 Å². The smallest absolute Gasteiger partial charge is 0.187 e. The van der Waals surface area contributed by atoms with Crippen molar-refractivity contribution in [2.75, 3.05) is 19.0 Å². The first kappa shape index (κ1) is 27.2. The Labute approximate surface area is 187 Å². The Balaban J connectivity index is 1.90. The fourth-order valence-corrected chi connectivity index (χ4v) is 4.96. The lowest BCUT2D eigenvalue weighted by Crippen LogP contribution is -2.64. The third-order valence-electron chi connectivity index (χ3n) is 5.74. The maximum atomic E-state index is 10.6. The summed E-state index contributed by atoms with van der Waals surface area (Å²) in [6, 6.07) is 0. The molecular formula is C20H38O10S. The lowest BCUT2D eigenvalue weighted by atomic mass is 9.97.